The van der Waals surface area contributed by atoms with E-state index in [0.29, 0.717) is 23.6 Å². The van der Waals surface area contributed by atoms with Gasteiger partial charge >= 0.3 is 0 Å². The van der Waals surface area contributed by atoms with Gasteiger partial charge in [-0.05, 0) is 12.1 Å². The van der Waals surface area contributed by atoms with Crippen LogP contribution in [0.5, 0.6) is 11.5 Å². The number of carbonyl (C=O) groups is 1. The lowest BCUT2D eigenvalue weighted by Gasteiger charge is -2.09. The van der Waals surface area contributed by atoms with Gasteiger partial charge in [-0.2, -0.15) is 0 Å². The number of nitrogens with one attached hydrogen (secondary N) is 1. The largest absolute Gasteiger partial charge is 0.497 e. The number of nitro groups is 1. The van der Waals surface area contributed by atoms with Crippen LogP contribution >= 0.6 is 0 Å². The number of rotatable bonds is 8. The molecule has 0 aliphatic carbocycles. The molecule has 7 heteroatoms. The molecule has 0 heterocycles. The highest BCUT2D eigenvalue weighted by Gasteiger charge is 2.15. The Morgan fingerprint density at radius 2 is 1.92 bits per heavy atom. The highest BCUT2D eigenvalue weighted by Crippen LogP contribution is 2.19. The maximum absolute atomic E-state index is 11.9. The lowest BCUT2D eigenvalue weighted by molar-refractivity contribution is -0.385. The fourth-order valence-corrected chi connectivity index (χ4v) is 2.12. The molecular formula is C17H18N2O5. The molecule has 0 fully saturated rings. The van der Waals surface area contributed by atoms with Crippen molar-refractivity contribution in [3.05, 3.63) is 64.2 Å². The zero-order chi connectivity index (χ0) is 17.4. The van der Waals surface area contributed by atoms with Crippen LogP contribution in [0, 0.1) is 10.1 Å². The minimum absolute atomic E-state index is 0.0453. The van der Waals surface area contributed by atoms with Crippen molar-refractivity contribution < 1.29 is 19.2 Å². The van der Waals surface area contributed by atoms with E-state index < -0.39 is 4.92 Å². The predicted octanol–water partition coefficient (Wildman–Crippen LogP) is 2.34. The number of hydrogen-bond donors (Lipinski definition) is 1. The van der Waals surface area contributed by atoms with Crippen LogP contribution in [0.15, 0.2) is 48.5 Å². The number of amides is 1. The Bertz CT molecular complexity index is 718. The fraction of sp³-hybridized carbons (Fsp3) is 0.235. The van der Waals surface area contributed by atoms with Crippen molar-refractivity contribution in [3.8, 4) is 11.5 Å². The van der Waals surface area contributed by atoms with E-state index in [2.05, 4.69) is 5.32 Å². The molecule has 7 nitrogen and oxygen atoms in total. The van der Waals surface area contributed by atoms with Crippen LogP contribution in [0.4, 0.5) is 5.69 Å². The third kappa shape index (κ3) is 4.98. The second kappa shape index (κ2) is 8.52. The van der Waals surface area contributed by atoms with Gasteiger partial charge in [-0.1, -0.05) is 24.3 Å². The molecule has 0 unspecified atom stereocenters. The van der Waals surface area contributed by atoms with E-state index in [1.165, 1.54) is 6.07 Å². The molecule has 0 spiro atoms. The number of hydrogen-bond acceptors (Lipinski definition) is 5. The Kier molecular flexibility index (Phi) is 6.13. The Morgan fingerprint density at radius 1 is 1.17 bits per heavy atom. The van der Waals surface area contributed by atoms with Crippen molar-refractivity contribution in [3.63, 3.8) is 0 Å². The standard InChI is InChI=1S/C17H18N2O5/c1-23-14-6-4-7-15(12-14)24-10-9-18-17(20)11-13-5-2-3-8-16(13)19(21)22/h2-8,12H,9-11H2,1H3,(H,18,20). The summed E-state index contributed by atoms with van der Waals surface area (Å²) in [4.78, 5) is 22.3. The summed E-state index contributed by atoms with van der Waals surface area (Å²) in [5.41, 5.74) is 0.328. The Balaban J connectivity index is 1.78. The number of nitrogens with zero attached hydrogens (tertiary/aromatic N) is 1. The second-order valence-electron chi connectivity index (χ2n) is 4.94. The Morgan fingerprint density at radius 3 is 2.67 bits per heavy atom. The van der Waals surface area contributed by atoms with Crippen LogP contribution < -0.4 is 14.8 Å². The summed E-state index contributed by atoms with van der Waals surface area (Å²) in [6.45, 7) is 0.590. The van der Waals surface area contributed by atoms with Gasteiger partial charge in [-0.3, -0.25) is 14.9 Å². The van der Waals surface area contributed by atoms with Crippen molar-refractivity contribution in [1.29, 1.82) is 0 Å². The van der Waals surface area contributed by atoms with Gasteiger partial charge in [-0.25, -0.2) is 0 Å². The topological polar surface area (TPSA) is 90.7 Å². The molecule has 24 heavy (non-hydrogen) atoms. The maximum Gasteiger partial charge on any atom is 0.273 e. The monoisotopic (exact) mass is 330 g/mol. The molecule has 0 aromatic heterocycles. The second-order valence-corrected chi connectivity index (χ2v) is 4.94. The smallest absolute Gasteiger partial charge is 0.273 e. The lowest BCUT2D eigenvalue weighted by atomic mass is 10.1. The molecule has 0 aliphatic rings. The van der Waals surface area contributed by atoms with Gasteiger partial charge in [0.1, 0.15) is 18.1 Å². The summed E-state index contributed by atoms with van der Waals surface area (Å²) in [5.74, 6) is 1.04. The van der Waals surface area contributed by atoms with Gasteiger partial charge in [0.2, 0.25) is 5.91 Å². The SMILES string of the molecule is COc1cccc(OCCNC(=O)Cc2ccccc2[N+](=O)[O-])c1. The highest BCUT2D eigenvalue weighted by atomic mass is 16.6. The van der Waals surface area contributed by atoms with Crippen molar-refractivity contribution in [2.45, 2.75) is 6.42 Å². The number of nitro benzene ring substituents is 1. The lowest BCUT2D eigenvalue weighted by Crippen LogP contribution is -2.29. The van der Waals surface area contributed by atoms with E-state index in [9.17, 15) is 14.9 Å². The van der Waals surface area contributed by atoms with E-state index in [1.807, 2.05) is 0 Å². The Hall–Kier alpha value is -3.09. The maximum atomic E-state index is 11.9. The number of carbonyl (C=O) groups excluding carboxylic acids is 1. The van der Waals surface area contributed by atoms with Crippen LogP contribution in [-0.2, 0) is 11.2 Å². The fourth-order valence-electron chi connectivity index (χ4n) is 2.12. The van der Waals surface area contributed by atoms with Crippen molar-refractivity contribution in [2.24, 2.45) is 0 Å². The molecule has 2 aromatic carbocycles. The van der Waals surface area contributed by atoms with Crippen molar-refractivity contribution in [1.82, 2.24) is 5.32 Å². The van der Waals surface area contributed by atoms with Crippen LogP contribution in [0.3, 0.4) is 0 Å². The van der Waals surface area contributed by atoms with Gasteiger partial charge in [0.05, 0.1) is 25.0 Å². The molecular weight excluding hydrogens is 312 g/mol. The number of methoxy groups -OCH3 is 1. The van der Waals surface area contributed by atoms with Gasteiger partial charge in [0.25, 0.3) is 5.69 Å². The van der Waals surface area contributed by atoms with Gasteiger partial charge in [0.15, 0.2) is 0 Å². The minimum atomic E-state index is -0.492. The van der Waals surface area contributed by atoms with E-state index in [4.69, 9.17) is 9.47 Å². The predicted molar refractivity (Wildman–Crippen MR) is 88.3 cm³/mol. The van der Waals surface area contributed by atoms with Gasteiger partial charge < -0.3 is 14.8 Å². The molecule has 0 saturated heterocycles. The van der Waals surface area contributed by atoms with Gasteiger partial charge in [-0.15, -0.1) is 0 Å². The highest BCUT2D eigenvalue weighted by molar-refractivity contribution is 5.79. The number of ether oxygens (including phenoxy) is 2. The summed E-state index contributed by atoms with van der Waals surface area (Å²) in [7, 11) is 1.57. The van der Waals surface area contributed by atoms with Crippen LogP contribution in [0.1, 0.15) is 5.56 Å². The average molecular weight is 330 g/mol. The summed E-state index contributed by atoms with van der Waals surface area (Å²) in [6.07, 6.45) is -0.0453. The molecule has 0 radical (unpaired) electrons. The first-order valence-electron chi connectivity index (χ1n) is 7.36. The third-order valence-corrected chi connectivity index (χ3v) is 3.27. The molecule has 1 N–H and O–H groups in total. The first-order valence-corrected chi connectivity index (χ1v) is 7.36. The zero-order valence-corrected chi connectivity index (χ0v) is 13.2. The van der Waals surface area contributed by atoms with E-state index in [0.717, 1.165) is 0 Å². The van der Waals surface area contributed by atoms with E-state index in [-0.39, 0.29) is 24.6 Å². The molecule has 0 aliphatic heterocycles. The number of benzene rings is 2. The first kappa shape index (κ1) is 17.3. The Labute approximate surface area is 139 Å². The summed E-state index contributed by atoms with van der Waals surface area (Å²) >= 11 is 0. The van der Waals surface area contributed by atoms with Gasteiger partial charge in [0, 0.05) is 17.7 Å². The molecule has 0 bridgehead atoms. The number of para-hydroxylation sites is 1. The third-order valence-electron chi connectivity index (χ3n) is 3.27. The summed E-state index contributed by atoms with van der Waals surface area (Å²) in [6, 6.07) is 13.3. The van der Waals surface area contributed by atoms with Crippen LogP contribution in [-0.4, -0.2) is 31.1 Å². The molecule has 126 valence electrons. The van der Waals surface area contributed by atoms with E-state index in [1.54, 1.807) is 49.6 Å². The zero-order valence-electron chi connectivity index (χ0n) is 13.2. The van der Waals surface area contributed by atoms with Crippen LogP contribution in [0.25, 0.3) is 0 Å². The average Bonchev–Trinajstić information content (AvgIpc) is 2.59. The first-order chi connectivity index (χ1) is 11.6. The summed E-state index contributed by atoms with van der Waals surface area (Å²) < 4.78 is 10.6. The van der Waals surface area contributed by atoms with E-state index >= 15 is 0 Å². The summed E-state index contributed by atoms with van der Waals surface area (Å²) in [5, 5.41) is 13.6. The molecule has 2 aromatic rings. The minimum Gasteiger partial charge on any atom is -0.497 e. The molecule has 2 rings (SSSR count). The van der Waals surface area contributed by atoms with Crippen LogP contribution in [0.2, 0.25) is 0 Å². The molecule has 0 atom stereocenters. The van der Waals surface area contributed by atoms with Crippen molar-refractivity contribution >= 4 is 11.6 Å². The normalized spacial score (nSPS) is 10.0. The molecule has 1 amide bonds. The quantitative estimate of drug-likeness (QED) is 0.456. The molecule has 0 saturated carbocycles. The van der Waals surface area contributed by atoms with Crippen molar-refractivity contribution in [2.75, 3.05) is 20.3 Å².